The number of carbonyl (C=O) groups is 1. The molecule has 0 radical (unpaired) electrons. The molecule has 148 valence electrons. The fourth-order valence-corrected chi connectivity index (χ4v) is 3.92. The lowest BCUT2D eigenvalue weighted by Gasteiger charge is -2.31. The van der Waals surface area contributed by atoms with Crippen molar-refractivity contribution in [3.63, 3.8) is 0 Å². The highest BCUT2D eigenvalue weighted by atomic mass is 35.5. The molecule has 1 amide bonds. The van der Waals surface area contributed by atoms with Crippen molar-refractivity contribution in [2.75, 3.05) is 13.1 Å². The standard InChI is InChI=1S/C18H25Cl2N5OS/c1-11(2)12(3)21-17(26)13-4-6-23(7-5-13)10-25-18(27)24-9-14(19)8-15(20)16(24)22-25/h8-9,11-13H,4-7,10H2,1-3H3,(H,21,26). The van der Waals surface area contributed by atoms with Crippen LogP contribution in [0.1, 0.15) is 33.6 Å². The van der Waals surface area contributed by atoms with Crippen LogP contribution in [0.2, 0.25) is 10.0 Å². The summed E-state index contributed by atoms with van der Waals surface area (Å²) in [4.78, 5) is 14.7. The molecule has 1 aliphatic heterocycles. The second kappa shape index (κ2) is 8.47. The number of carbonyl (C=O) groups excluding carboxylic acids is 1. The van der Waals surface area contributed by atoms with Crippen LogP contribution < -0.4 is 5.32 Å². The molecule has 1 N–H and O–H groups in total. The van der Waals surface area contributed by atoms with Crippen LogP contribution in [0, 0.1) is 16.6 Å². The van der Waals surface area contributed by atoms with Crippen LogP contribution in [0.3, 0.4) is 0 Å². The molecule has 9 heteroatoms. The van der Waals surface area contributed by atoms with E-state index in [9.17, 15) is 4.79 Å². The Morgan fingerprint density at radius 1 is 1.33 bits per heavy atom. The van der Waals surface area contributed by atoms with E-state index < -0.39 is 0 Å². The van der Waals surface area contributed by atoms with Crippen LogP contribution in [0.25, 0.3) is 5.65 Å². The largest absolute Gasteiger partial charge is 0.353 e. The lowest BCUT2D eigenvalue weighted by atomic mass is 9.95. The SMILES string of the molecule is CC(C)C(C)NC(=O)C1CCN(Cn2nc3c(Cl)cc(Cl)cn3c2=S)CC1. The van der Waals surface area contributed by atoms with Gasteiger partial charge in [0.1, 0.15) is 0 Å². The molecule has 0 bridgehead atoms. The van der Waals surface area contributed by atoms with Gasteiger partial charge in [0, 0.05) is 31.2 Å². The highest BCUT2D eigenvalue weighted by molar-refractivity contribution is 7.71. The Hall–Kier alpha value is -1.15. The minimum Gasteiger partial charge on any atom is -0.353 e. The van der Waals surface area contributed by atoms with Gasteiger partial charge in [-0.15, -0.1) is 5.10 Å². The third-order valence-corrected chi connectivity index (χ3v) is 6.16. The lowest BCUT2D eigenvalue weighted by molar-refractivity contribution is -0.127. The maximum absolute atomic E-state index is 12.4. The minimum atomic E-state index is 0.0738. The van der Waals surface area contributed by atoms with E-state index in [1.165, 1.54) is 0 Å². The van der Waals surface area contributed by atoms with Gasteiger partial charge in [0.25, 0.3) is 0 Å². The molecule has 0 aliphatic carbocycles. The Morgan fingerprint density at radius 2 is 2.00 bits per heavy atom. The zero-order valence-electron chi connectivity index (χ0n) is 15.8. The van der Waals surface area contributed by atoms with E-state index in [0.29, 0.717) is 33.1 Å². The summed E-state index contributed by atoms with van der Waals surface area (Å²) in [7, 11) is 0. The Bertz CT molecular complexity index is 886. The monoisotopic (exact) mass is 429 g/mol. The number of nitrogens with zero attached hydrogens (tertiary/aromatic N) is 4. The second-order valence-corrected chi connectivity index (χ2v) is 8.77. The summed E-state index contributed by atoms with van der Waals surface area (Å²) in [6, 6.07) is 1.86. The molecule has 2 aromatic heterocycles. The number of likely N-dealkylation sites (tertiary alicyclic amines) is 1. The number of hydrogen-bond donors (Lipinski definition) is 1. The number of amides is 1. The highest BCUT2D eigenvalue weighted by Crippen LogP contribution is 2.22. The van der Waals surface area contributed by atoms with E-state index in [-0.39, 0.29) is 17.9 Å². The van der Waals surface area contributed by atoms with E-state index in [2.05, 4.69) is 36.1 Å². The summed E-state index contributed by atoms with van der Waals surface area (Å²) in [6.45, 7) is 8.53. The molecule has 3 rings (SSSR count). The molecule has 3 heterocycles. The molecular weight excluding hydrogens is 405 g/mol. The number of hydrogen-bond acceptors (Lipinski definition) is 4. The summed E-state index contributed by atoms with van der Waals surface area (Å²) in [6.07, 6.45) is 3.40. The van der Waals surface area contributed by atoms with Gasteiger partial charge in [-0.25, -0.2) is 4.68 Å². The Labute approximate surface area is 174 Å². The zero-order chi connectivity index (χ0) is 19.7. The summed E-state index contributed by atoms with van der Waals surface area (Å²) in [5.41, 5.74) is 0.600. The minimum absolute atomic E-state index is 0.0738. The first-order valence-corrected chi connectivity index (χ1v) is 10.4. The molecule has 1 unspecified atom stereocenters. The Balaban J connectivity index is 1.62. The number of aromatic nitrogens is 3. The van der Waals surface area contributed by atoms with Crippen molar-refractivity contribution in [2.24, 2.45) is 11.8 Å². The summed E-state index contributed by atoms with van der Waals surface area (Å²) in [5, 5.41) is 8.65. The van der Waals surface area contributed by atoms with Gasteiger partial charge >= 0.3 is 0 Å². The van der Waals surface area contributed by atoms with E-state index in [4.69, 9.17) is 35.4 Å². The first-order chi connectivity index (χ1) is 12.8. The third-order valence-electron chi connectivity index (χ3n) is 5.26. The molecule has 6 nitrogen and oxygen atoms in total. The van der Waals surface area contributed by atoms with Crippen molar-refractivity contribution < 1.29 is 4.79 Å². The number of pyridine rings is 1. The number of nitrogens with one attached hydrogen (secondary N) is 1. The van der Waals surface area contributed by atoms with Gasteiger partial charge in [-0.05, 0) is 44.0 Å². The normalized spacial score (nSPS) is 17.6. The van der Waals surface area contributed by atoms with Gasteiger partial charge in [-0.3, -0.25) is 14.1 Å². The van der Waals surface area contributed by atoms with Gasteiger partial charge in [-0.2, -0.15) is 0 Å². The summed E-state index contributed by atoms with van der Waals surface area (Å²) < 4.78 is 4.04. The Morgan fingerprint density at radius 3 is 2.63 bits per heavy atom. The number of fused-ring (bicyclic) bond motifs is 1. The van der Waals surface area contributed by atoms with E-state index in [1.54, 1.807) is 21.3 Å². The van der Waals surface area contributed by atoms with E-state index in [1.807, 2.05) is 0 Å². The zero-order valence-corrected chi connectivity index (χ0v) is 18.1. The van der Waals surface area contributed by atoms with Crippen LogP contribution in [0.5, 0.6) is 0 Å². The predicted octanol–water partition coefficient (Wildman–Crippen LogP) is 4.00. The van der Waals surface area contributed by atoms with Gasteiger partial charge < -0.3 is 5.32 Å². The second-order valence-electron chi connectivity index (χ2n) is 7.56. The fourth-order valence-electron chi connectivity index (χ4n) is 3.17. The average Bonchev–Trinajstić information content (AvgIpc) is 2.92. The van der Waals surface area contributed by atoms with Crippen molar-refractivity contribution in [1.29, 1.82) is 0 Å². The summed E-state index contributed by atoms with van der Waals surface area (Å²) >= 11 is 17.8. The van der Waals surface area contributed by atoms with E-state index >= 15 is 0 Å². The van der Waals surface area contributed by atoms with Gasteiger partial charge in [0.15, 0.2) is 5.65 Å². The topological polar surface area (TPSA) is 54.6 Å². The van der Waals surface area contributed by atoms with Gasteiger partial charge in [0.05, 0.1) is 16.7 Å². The van der Waals surface area contributed by atoms with E-state index in [0.717, 1.165) is 25.9 Å². The maximum atomic E-state index is 12.4. The molecule has 1 fully saturated rings. The van der Waals surface area contributed by atoms with Crippen molar-refractivity contribution in [3.8, 4) is 0 Å². The molecule has 1 atom stereocenters. The number of rotatable bonds is 5. The molecule has 0 aromatic carbocycles. The van der Waals surface area contributed by atoms with Crippen LogP contribution in [-0.2, 0) is 11.5 Å². The predicted molar refractivity (Wildman–Crippen MR) is 111 cm³/mol. The Kier molecular flexibility index (Phi) is 6.46. The van der Waals surface area contributed by atoms with Crippen molar-refractivity contribution in [3.05, 3.63) is 27.1 Å². The summed E-state index contributed by atoms with van der Waals surface area (Å²) in [5.74, 6) is 0.678. The smallest absolute Gasteiger partial charge is 0.223 e. The molecule has 1 saturated heterocycles. The van der Waals surface area contributed by atoms with Crippen molar-refractivity contribution in [1.82, 2.24) is 24.4 Å². The third kappa shape index (κ3) is 4.65. The van der Waals surface area contributed by atoms with Crippen molar-refractivity contribution >= 4 is 47.0 Å². The lowest BCUT2D eigenvalue weighted by Crippen LogP contribution is -2.44. The first kappa shape index (κ1) is 20.6. The van der Waals surface area contributed by atoms with Crippen LogP contribution in [0.15, 0.2) is 12.3 Å². The quantitative estimate of drug-likeness (QED) is 0.729. The molecule has 1 aliphatic rings. The first-order valence-electron chi connectivity index (χ1n) is 9.23. The van der Waals surface area contributed by atoms with Crippen molar-refractivity contribution in [2.45, 2.75) is 46.3 Å². The maximum Gasteiger partial charge on any atom is 0.223 e. The van der Waals surface area contributed by atoms with Gasteiger partial charge in [-0.1, -0.05) is 37.0 Å². The highest BCUT2D eigenvalue weighted by Gasteiger charge is 2.26. The van der Waals surface area contributed by atoms with Crippen LogP contribution >= 0.6 is 35.4 Å². The van der Waals surface area contributed by atoms with Crippen LogP contribution in [-0.4, -0.2) is 44.1 Å². The van der Waals surface area contributed by atoms with Gasteiger partial charge in [0.2, 0.25) is 10.7 Å². The fraction of sp³-hybridized carbons (Fsp3) is 0.611. The molecule has 0 saturated carbocycles. The van der Waals surface area contributed by atoms with Crippen LogP contribution in [0.4, 0.5) is 0 Å². The number of piperidine rings is 1. The molecule has 2 aromatic rings. The molecular formula is C18H25Cl2N5OS. The molecule has 0 spiro atoms. The number of halogens is 2. The molecule has 27 heavy (non-hydrogen) atoms. The average molecular weight is 430 g/mol.